The lowest BCUT2D eigenvalue weighted by molar-refractivity contribution is -0.137. The highest BCUT2D eigenvalue weighted by atomic mass is 35.5. The first kappa shape index (κ1) is 30.6. The van der Waals surface area contributed by atoms with Crippen molar-refractivity contribution in [1.82, 2.24) is 20.3 Å². The number of nitrogens with one attached hydrogen (secondary N) is 1. The zero-order chi connectivity index (χ0) is 32.3. The van der Waals surface area contributed by atoms with Crippen LogP contribution in [0.15, 0.2) is 42.7 Å². The Kier molecular flexibility index (Phi) is 7.59. The third-order valence-electron chi connectivity index (χ3n) is 8.57. The molecule has 1 aliphatic carbocycles. The van der Waals surface area contributed by atoms with E-state index in [0.717, 1.165) is 25.1 Å². The molecule has 0 bridgehead atoms. The lowest BCUT2D eigenvalue weighted by Crippen LogP contribution is -2.40. The Morgan fingerprint density at radius 1 is 1.22 bits per heavy atom. The summed E-state index contributed by atoms with van der Waals surface area (Å²) < 4.78 is 51.4. The van der Waals surface area contributed by atoms with Gasteiger partial charge in [0.05, 0.1) is 23.4 Å². The second-order valence-electron chi connectivity index (χ2n) is 11.6. The number of ether oxygens (including phenoxy) is 2. The van der Waals surface area contributed by atoms with Crippen molar-refractivity contribution in [3.63, 3.8) is 0 Å². The molecular formula is C32H29ClF3N5O4. The second kappa shape index (κ2) is 11.2. The van der Waals surface area contributed by atoms with E-state index < -0.39 is 29.0 Å². The average Bonchev–Trinajstić information content (AvgIpc) is 3.79. The van der Waals surface area contributed by atoms with Gasteiger partial charge in [-0.3, -0.25) is 19.6 Å². The predicted molar refractivity (Wildman–Crippen MR) is 160 cm³/mol. The number of carbonyl (C=O) groups is 2. The van der Waals surface area contributed by atoms with Crippen LogP contribution in [0.2, 0.25) is 5.02 Å². The smallest absolute Gasteiger partial charge is 0.417 e. The molecule has 1 saturated carbocycles. The highest BCUT2D eigenvalue weighted by Gasteiger charge is 2.45. The van der Waals surface area contributed by atoms with Crippen LogP contribution in [0.1, 0.15) is 58.6 Å². The maximum Gasteiger partial charge on any atom is 0.417 e. The molecule has 0 saturated heterocycles. The number of aromatic nitrogens is 3. The van der Waals surface area contributed by atoms with Crippen molar-refractivity contribution in [3.05, 3.63) is 75.8 Å². The van der Waals surface area contributed by atoms with Gasteiger partial charge in [0.1, 0.15) is 34.7 Å². The van der Waals surface area contributed by atoms with Crippen LogP contribution in [0, 0.1) is 12.8 Å². The van der Waals surface area contributed by atoms with Crippen molar-refractivity contribution in [2.45, 2.75) is 44.2 Å². The van der Waals surface area contributed by atoms with Gasteiger partial charge in [0, 0.05) is 52.6 Å². The van der Waals surface area contributed by atoms with Crippen molar-refractivity contribution in [2.75, 3.05) is 20.3 Å². The topological polar surface area (TPSA) is 129 Å². The molecule has 0 unspecified atom stereocenters. The number of nitrogens with two attached hydrogens (primary N) is 1. The minimum absolute atomic E-state index is 0.0387. The summed E-state index contributed by atoms with van der Waals surface area (Å²) in [5.74, 6) is -0.515. The summed E-state index contributed by atoms with van der Waals surface area (Å²) in [5, 5.41) is 3.45. The molecule has 9 nitrogen and oxygen atoms in total. The average molecular weight is 640 g/mol. The molecule has 234 valence electrons. The van der Waals surface area contributed by atoms with E-state index in [1.807, 2.05) is 6.07 Å². The number of hydrogen-bond acceptors (Lipinski definition) is 7. The standard InChI is InChI=1S/C32H29ClF3N5O4/c1-15-25(33)20(6-7-38-15)27-28-22(31(2,14-45-28)30(37)43)11-23(41-27)21(16-4-5-16)13-40-29(42)18-8-17-9-19(32(34,35)36)12-39-26(17)24(10-18)44-3/h6-12,16,21H,4-5,13-14H2,1-3H3,(H2,37,43)(H,40,42)/t21-,31-/m0/s1. The van der Waals surface area contributed by atoms with Crippen molar-refractivity contribution < 1.29 is 32.2 Å². The number of benzene rings is 1. The number of hydrogen-bond donors (Lipinski definition) is 2. The number of nitrogens with zero attached hydrogens (tertiary/aromatic N) is 3. The van der Waals surface area contributed by atoms with Gasteiger partial charge in [0.15, 0.2) is 0 Å². The van der Waals surface area contributed by atoms with Crippen molar-refractivity contribution in [3.8, 4) is 22.8 Å². The van der Waals surface area contributed by atoms with Crippen molar-refractivity contribution >= 4 is 34.3 Å². The largest absolute Gasteiger partial charge is 0.494 e. The van der Waals surface area contributed by atoms with Crippen LogP contribution in [0.3, 0.4) is 0 Å². The molecule has 3 aromatic heterocycles. The van der Waals surface area contributed by atoms with Crippen LogP contribution >= 0.6 is 11.6 Å². The van der Waals surface area contributed by atoms with E-state index in [4.69, 9.17) is 31.8 Å². The Morgan fingerprint density at radius 2 is 1.98 bits per heavy atom. The fourth-order valence-corrected chi connectivity index (χ4v) is 5.89. The quantitative estimate of drug-likeness (QED) is 0.252. The monoisotopic (exact) mass is 639 g/mol. The van der Waals surface area contributed by atoms with E-state index in [1.54, 1.807) is 26.1 Å². The number of amides is 2. The van der Waals surface area contributed by atoms with Gasteiger partial charge in [-0.2, -0.15) is 13.2 Å². The minimum atomic E-state index is -4.60. The predicted octanol–water partition coefficient (Wildman–Crippen LogP) is 5.74. The summed E-state index contributed by atoms with van der Waals surface area (Å²) in [7, 11) is 1.36. The molecule has 0 spiro atoms. The van der Waals surface area contributed by atoms with E-state index in [2.05, 4.69) is 15.3 Å². The first-order valence-electron chi connectivity index (χ1n) is 14.2. The molecule has 1 fully saturated rings. The van der Waals surface area contributed by atoms with Crippen molar-refractivity contribution in [2.24, 2.45) is 11.7 Å². The number of halogens is 4. The number of rotatable bonds is 8. The molecule has 2 amide bonds. The van der Waals surface area contributed by atoms with Gasteiger partial charge < -0.3 is 20.5 Å². The van der Waals surface area contributed by atoms with E-state index in [9.17, 15) is 22.8 Å². The molecule has 2 atom stereocenters. The lowest BCUT2D eigenvalue weighted by atomic mass is 9.82. The van der Waals surface area contributed by atoms with Crippen LogP contribution in [0.5, 0.6) is 11.5 Å². The number of fused-ring (bicyclic) bond motifs is 2. The number of aryl methyl sites for hydroxylation is 1. The summed E-state index contributed by atoms with van der Waals surface area (Å²) in [5.41, 5.74) is 6.97. The normalized spacial score (nSPS) is 18.3. The van der Waals surface area contributed by atoms with Gasteiger partial charge >= 0.3 is 6.18 Å². The number of pyridine rings is 3. The van der Waals surface area contributed by atoms with E-state index in [0.29, 0.717) is 39.0 Å². The molecule has 6 rings (SSSR count). The highest BCUT2D eigenvalue weighted by molar-refractivity contribution is 6.34. The van der Waals surface area contributed by atoms with Crippen LogP contribution < -0.4 is 20.5 Å². The van der Waals surface area contributed by atoms with Gasteiger partial charge in [-0.25, -0.2) is 4.98 Å². The molecule has 2 aliphatic rings. The number of alkyl halides is 3. The molecule has 1 aromatic carbocycles. The summed E-state index contributed by atoms with van der Waals surface area (Å²) in [6.45, 7) is 3.70. The summed E-state index contributed by atoms with van der Waals surface area (Å²) >= 11 is 6.66. The number of primary amides is 1. The van der Waals surface area contributed by atoms with Gasteiger partial charge in [0.25, 0.3) is 5.91 Å². The van der Waals surface area contributed by atoms with Gasteiger partial charge in [0.2, 0.25) is 5.91 Å². The first-order valence-corrected chi connectivity index (χ1v) is 14.6. The second-order valence-corrected chi connectivity index (χ2v) is 12.0. The van der Waals surface area contributed by atoms with Crippen LogP contribution in [0.25, 0.3) is 22.2 Å². The van der Waals surface area contributed by atoms with Gasteiger partial charge in [-0.05, 0) is 62.9 Å². The summed E-state index contributed by atoms with van der Waals surface area (Å²) in [4.78, 5) is 39.2. The van der Waals surface area contributed by atoms with Crippen molar-refractivity contribution in [1.29, 1.82) is 0 Å². The fourth-order valence-electron chi connectivity index (χ4n) is 5.69. The van der Waals surface area contributed by atoms with E-state index in [-0.39, 0.29) is 47.2 Å². The van der Waals surface area contributed by atoms with E-state index in [1.165, 1.54) is 19.2 Å². The minimum Gasteiger partial charge on any atom is -0.494 e. The summed E-state index contributed by atoms with van der Waals surface area (Å²) in [6.07, 6.45) is -0.437. The molecule has 4 heterocycles. The third kappa shape index (κ3) is 5.52. The van der Waals surface area contributed by atoms with Crippen LogP contribution in [-0.2, 0) is 16.4 Å². The Morgan fingerprint density at radius 3 is 2.64 bits per heavy atom. The maximum absolute atomic E-state index is 13.4. The van der Waals surface area contributed by atoms with Gasteiger partial charge in [-0.15, -0.1) is 0 Å². The molecule has 0 radical (unpaired) electrons. The lowest BCUT2D eigenvalue weighted by Gasteiger charge is -2.22. The summed E-state index contributed by atoms with van der Waals surface area (Å²) in [6, 6.07) is 7.28. The number of carbonyl (C=O) groups excluding carboxylic acids is 2. The fraction of sp³-hybridized carbons (Fsp3) is 0.344. The SMILES string of the molecule is COc1cc(C(=O)NC[C@H](c2cc3c(c(-c4ccnc(C)c4Cl)n2)OC[C@]3(C)C(N)=O)C2CC2)cc2cc(C(F)(F)F)cnc12. The maximum atomic E-state index is 13.4. The first-order chi connectivity index (χ1) is 21.3. The Hall–Kier alpha value is -4.45. The zero-order valence-corrected chi connectivity index (χ0v) is 25.3. The molecular weight excluding hydrogens is 611 g/mol. The molecule has 45 heavy (non-hydrogen) atoms. The Balaban J connectivity index is 1.37. The molecule has 1 aliphatic heterocycles. The van der Waals surface area contributed by atoms with Crippen LogP contribution in [-0.4, -0.2) is 47.0 Å². The molecule has 3 N–H and O–H groups in total. The highest BCUT2D eigenvalue weighted by Crippen LogP contribution is 2.49. The zero-order valence-electron chi connectivity index (χ0n) is 24.6. The van der Waals surface area contributed by atoms with Gasteiger partial charge in [-0.1, -0.05) is 11.6 Å². The Labute approximate surface area is 261 Å². The molecule has 4 aromatic rings. The number of methoxy groups -OCH3 is 1. The molecule has 13 heteroatoms. The van der Waals surface area contributed by atoms with E-state index >= 15 is 0 Å². The Bertz CT molecular complexity index is 1860. The van der Waals surface area contributed by atoms with Crippen LogP contribution in [0.4, 0.5) is 13.2 Å². The third-order valence-corrected chi connectivity index (χ3v) is 9.04.